The molecule has 0 radical (unpaired) electrons. The van der Waals surface area contributed by atoms with E-state index in [9.17, 15) is 9.32 Å². The highest BCUT2D eigenvalue weighted by atomic mass is 32.2. The van der Waals surface area contributed by atoms with Crippen LogP contribution in [0.4, 0.5) is 0 Å². The maximum absolute atomic E-state index is 11.5. The number of hydrogen-bond acceptors (Lipinski definition) is 4. The third-order valence-corrected chi connectivity index (χ3v) is 5.29. The molecular formula is C22H24N2O3S. The van der Waals surface area contributed by atoms with E-state index in [0.29, 0.717) is 17.1 Å². The molecule has 3 rings (SSSR count). The average Bonchev–Trinajstić information content (AvgIpc) is 2.73. The average molecular weight is 397 g/mol. The third kappa shape index (κ3) is 5.48. The summed E-state index contributed by atoms with van der Waals surface area (Å²) in [6, 6.07) is 18.8. The maximum atomic E-state index is 11.5. The number of aliphatic hydroxyl groups is 1. The molecule has 3 N–H and O–H groups in total. The van der Waals surface area contributed by atoms with E-state index in [1.165, 1.54) is 0 Å². The number of pyridine rings is 1. The topological polar surface area (TPSA) is 85.4 Å². The Morgan fingerprint density at radius 2 is 1.89 bits per heavy atom. The number of aliphatic hydroxyl groups excluding tert-OH is 1. The number of rotatable bonds is 8. The summed E-state index contributed by atoms with van der Waals surface area (Å²) in [7, 11) is -1.50. The summed E-state index contributed by atoms with van der Waals surface area (Å²) in [5.74, 6) is 0.690. The van der Waals surface area contributed by atoms with Crippen LogP contribution < -0.4 is 9.88 Å². The lowest BCUT2D eigenvalue weighted by atomic mass is 10.0. The first kappa shape index (κ1) is 20.2. The summed E-state index contributed by atoms with van der Waals surface area (Å²) in [6.45, 7) is 1.86. The summed E-state index contributed by atoms with van der Waals surface area (Å²) in [4.78, 5) is 4.67. The first-order valence-corrected chi connectivity index (χ1v) is 10.3. The van der Waals surface area contributed by atoms with E-state index in [1.54, 1.807) is 12.3 Å². The maximum Gasteiger partial charge on any atom is 0.122 e. The Hall–Kier alpha value is -2.54. The minimum absolute atomic E-state index is 0.328. The van der Waals surface area contributed by atoms with Gasteiger partial charge in [0.25, 0.3) is 0 Å². The fourth-order valence-electron chi connectivity index (χ4n) is 2.92. The number of aromatic nitrogens is 1. The second-order valence-electron chi connectivity index (χ2n) is 6.64. The molecule has 0 bridgehead atoms. The van der Waals surface area contributed by atoms with Crippen LogP contribution in [0, 0.1) is 0 Å². The lowest BCUT2D eigenvalue weighted by molar-refractivity contribution is 0.0420. The van der Waals surface area contributed by atoms with Crippen LogP contribution in [0.25, 0.3) is 11.1 Å². The van der Waals surface area contributed by atoms with Gasteiger partial charge in [0.1, 0.15) is 22.8 Å². The van der Waals surface area contributed by atoms with E-state index >= 15 is 0 Å². The molecule has 0 aliphatic carbocycles. The Morgan fingerprint density at radius 1 is 1.11 bits per heavy atom. The fourth-order valence-corrected chi connectivity index (χ4v) is 3.37. The van der Waals surface area contributed by atoms with Crippen LogP contribution >= 0.6 is 0 Å². The molecule has 2 aromatic carbocycles. The van der Waals surface area contributed by atoms with Gasteiger partial charge in [-0.25, -0.2) is 9.35 Å². The monoisotopic (exact) mass is 396 g/mol. The van der Waals surface area contributed by atoms with Crippen molar-refractivity contribution in [1.82, 2.24) is 4.98 Å². The summed E-state index contributed by atoms with van der Waals surface area (Å²) in [5.41, 5.74) is 3.01. The van der Waals surface area contributed by atoms with E-state index in [1.807, 2.05) is 67.7 Å². The Balaban J connectivity index is 1.59. The highest BCUT2D eigenvalue weighted by Gasteiger charge is 2.16. The van der Waals surface area contributed by atoms with E-state index in [-0.39, 0.29) is 6.10 Å². The first-order chi connectivity index (χ1) is 13.5. The van der Waals surface area contributed by atoms with Gasteiger partial charge in [0, 0.05) is 12.4 Å². The van der Waals surface area contributed by atoms with Crippen molar-refractivity contribution in [2.45, 2.75) is 36.9 Å². The lowest BCUT2D eigenvalue weighted by Crippen LogP contribution is -2.29. The van der Waals surface area contributed by atoms with Crippen LogP contribution in [0.15, 0.2) is 78.0 Å². The molecule has 3 atom stereocenters. The molecule has 3 aromatic rings. The zero-order chi connectivity index (χ0) is 19.9. The number of benzene rings is 2. The van der Waals surface area contributed by atoms with Crippen LogP contribution in [0.2, 0.25) is 0 Å². The molecule has 28 heavy (non-hydrogen) atoms. The molecule has 0 fully saturated rings. The van der Waals surface area contributed by atoms with Gasteiger partial charge in [-0.15, -0.1) is 0 Å². The van der Waals surface area contributed by atoms with Gasteiger partial charge in [0.15, 0.2) is 0 Å². The zero-order valence-electron chi connectivity index (χ0n) is 15.7. The Kier molecular flexibility index (Phi) is 6.92. The molecular weight excluding hydrogens is 372 g/mol. The number of hydrogen-bond donors (Lipinski definition) is 2. The second-order valence-corrected chi connectivity index (χ2v) is 7.71. The van der Waals surface area contributed by atoms with Gasteiger partial charge in [0.2, 0.25) is 0 Å². The van der Waals surface area contributed by atoms with Crippen molar-refractivity contribution in [2.24, 2.45) is 5.14 Å². The molecule has 0 aliphatic rings. The third-order valence-electron chi connectivity index (χ3n) is 4.57. The van der Waals surface area contributed by atoms with Gasteiger partial charge in [-0.05, 0) is 66.8 Å². The van der Waals surface area contributed by atoms with Crippen molar-refractivity contribution >= 4 is 11.0 Å². The molecule has 0 saturated carbocycles. The largest absolute Gasteiger partial charge is 0.488 e. The number of aryl methyl sites for hydroxylation is 1. The van der Waals surface area contributed by atoms with Crippen molar-refractivity contribution < 1.29 is 14.1 Å². The molecule has 1 aromatic heterocycles. The molecule has 6 heteroatoms. The molecule has 0 spiro atoms. The van der Waals surface area contributed by atoms with Gasteiger partial charge in [0.05, 0.1) is 11.0 Å². The van der Waals surface area contributed by atoms with Gasteiger partial charge in [-0.2, -0.15) is 0 Å². The number of ether oxygens (including phenoxy) is 1. The summed E-state index contributed by atoms with van der Waals surface area (Å²) in [6.07, 6.45) is 4.00. The highest BCUT2D eigenvalue weighted by Crippen LogP contribution is 2.25. The van der Waals surface area contributed by atoms with Crippen molar-refractivity contribution in [2.75, 3.05) is 0 Å². The predicted octanol–water partition coefficient (Wildman–Crippen LogP) is 3.49. The van der Waals surface area contributed by atoms with Crippen molar-refractivity contribution in [3.63, 3.8) is 0 Å². The van der Waals surface area contributed by atoms with Gasteiger partial charge < -0.3 is 9.84 Å². The fraction of sp³-hybridized carbons (Fsp3) is 0.227. The van der Waals surface area contributed by atoms with Crippen LogP contribution in [-0.4, -0.2) is 26.5 Å². The smallest absolute Gasteiger partial charge is 0.122 e. The van der Waals surface area contributed by atoms with Crippen molar-refractivity contribution in [1.29, 1.82) is 0 Å². The van der Waals surface area contributed by atoms with E-state index in [0.717, 1.165) is 23.1 Å². The Bertz CT molecular complexity index is 917. The minimum Gasteiger partial charge on any atom is -0.488 e. The molecule has 146 valence electrons. The van der Waals surface area contributed by atoms with Crippen molar-refractivity contribution in [3.05, 3.63) is 78.6 Å². The molecule has 5 nitrogen and oxygen atoms in total. The normalized spacial score (nSPS) is 14.2. The van der Waals surface area contributed by atoms with Crippen LogP contribution in [0.1, 0.15) is 18.9 Å². The second kappa shape index (κ2) is 9.59. The molecule has 0 amide bonds. The van der Waals surface area contributed by atoms with Crippen LogP contribution in [0.5, 0.6) is 5.75 Å². The highest BCUT2D eigenvalue weighted by molar-refractivity contribution is 7.82. The minimum atomic E-state index is -1.50. The summed E-state index contributed by atoms with van der Waals surface area (Å²) in [5, 5.41) is 15.8. The number of nitrogens with zero attached hydrogens (tertiary/aromatic N) is 1. The van der Waals surface area contributed by atoms with E-state index in [4.69, 9.17) is 9.88 Å². The van der Waals surface area contributed by atoms with Crippen LogP contribution in [-0.2, 0) is 17.4 Å². The lowest BCUT2D eigenvalue weighted by Gasteiger charge is -2.20. The van der Waals surface area contributed by atoms with E-state index in [2.05, 4.69) is 4.98 Å². The first-order valence-electron chi connectivity index (χ1n) is 9.13. The summed E-state index contributed by atoms with van der Waals surface area (Å²) < 4.78 is 17.3. The Morgan fingerprint density at radius 3 is 2.57 bits per heavy atom. The standard InChI is InChI=1S/C22H24N2O3S/c1-16(22(25)12-7-17-4-3-13-24-15-17)27-20-10-8-18(9-11-20)19-5-2-6-21(14-19)28(23)26/h2-6,8-11,13-16,22,25H,7,12,23H2,1H3. The van der Waals surface area contributed by atoms with Gasteiger partial charge in [-0.1, -0.05) is 30.3 Å². The predicted molar refractivity (Wildman–Crippen MR) is 111 cm³/mol. The van der Waals surface area contributed by atoms with Crippen molar-refractivity contribution in [3.8, 4) is 16.9 Å². The summed E-state index contributed by atoms with van der Waals surface area (Å²) >= 11 is 0. The molecule has 0 aliphatic heterocycles. The SMILES string of the molecule is CC(Oc1ccc(-c2cccc(S(N)=O)c2)cc1)C(O)CCc1cccnc1. The van der Waals surface area contributed by atoms with Gasteiger partial charge in [-0.3, -0.25) is 4.98 Å². The van der Waals surface area contributed by atoms with Crippen LogP contribution in [0.3, 0.4) is 0 Å². The number of nitrogens with two attached hydrogens (primary N) is 1. The molecule has 1 heterocycles. The quantitative estimate of drug-likeness (QED) is 0.610. The molecule has 0 saturated heterocycles. The Labute approximate surface area is 167 Å². The molecule has 3 unspecified atom stereocenters. The van der Waals surface area contributed by atoms with Gasteiger partial charge >= 0.3 is 0 Å². The zero-order valence-corrected chi connectivity index (χ0v) is 16.5. The van der Waals surface area contributed by atoms with E-state index < -0.39 is 17.1 Å².